The summed E-state index contributed by atoms with van der Waals surface area (Å²) in [5.41, 5.74) is 3.12. The number of nitrogens with zero attached hydrogens (tertiary/aromatic N) is 6. The van der Waals surface area contributed by atoms with E-state index in [4.69, 9.17) is 5.10 Å². The van der Waals surface area contributed by atoms with Crippen LogP contribution in [0.1, 0.15) is 114 Å². The molecular formula is C44H48N8O7. The highest BCUT2D eigenvalue weighted by Crippen LogP contribution is 2.55. The maximum Gasteiger partial charge on any atom is 0.274 e. The quantitative estimate of drug-likeness (QED) is 0.225. The summed E-state index contributed by atoms with van der Waals surface area (Å²) >= 11 is 0. The summed E-state index contributed by atoms with van der Waals surface area (Å²) in [4.78, 5) is 87.0. The summed E-state index contributed by atoms with van der Waals surface area (Å²) in [7, 11) is 0. The van der Waals surface area contributed by atoms with E-state index in [9.17, 15) is 33.9 Å². The van der Waals surface area contributed by atoms with Crippen LogP contribution in [0.5, 0.6) is 0 Å². The highest BCUT2D eigenvalue weighted by Gasteiger charge is 2.48. The van der Waals surface area contributed by atoms with Gasteiger partial charge in [-0.2, -0.15) is 5.10 Å². The van der Waals surface area contributed by atoms with Crippen LogP contribution in [0.25, 0.3) is 10.9 Å². The lowest BCUT2D eigenvalue weighted by molar-refractivity contribution is -0.140. The van der Waals surface area contributed by atoms with Gasteiger partial charge in [0.2, 0.25) is 17.7 Å². The van der Waals surface area contributed by atoms with Crippen LogP contribution in [0.3, 0.4) is 0 Å². The molecule has 9 rings (SSSR count). The van der Waals surface area contributed by atoms with Crippen LogP contribution in [-0.2, 0) is 20.0 Å². The monoisotopic (exact) mass is 800 g/mol. The average molecular weight is 801 g/mol. The van der Waals surface area contributed by atoms with E-state index in [1.54, 1.807) is 38.1 Å². The average Bonchev–Trinajstić information content (AvgIpc) is 3.72. The van der Waals surface area contributed by atoms with E-state index in [0.717, 1.165) is 66.0 Å². The van der Waals surface area contributed by atoms with E-state index in [-0.39, 0.29) is 53.2 Å². The first-order chi connectivity index (χ1) is 28.2. The van der Waals surface area contributed by atoms with Crippen molar-refractivity contribution >= 4 is 57.7 Å². The number of fused-ring (bicyclic) bond motifs is 2. The predicted molar refractivity (Wildman–Crippen MR) is 216 cm³/mol. The van der Waals surface area contributed by atoms with Gasteiger partial charge >= 0.3 is 0 Å². The zero-order chi connectivity index (χ0) is 41.4. The molecule has 1 aliphatic carbocycles. The standard InChI is InChI=1S/C44H48N8O7/c1-25-5-4-6-33(45-25)38(54)46-35-19-27-24-51(48-34(27)21-32(35)43(2,3)59)29-22-44(23-29)13-17-50(18-14-44)40(56)26-11-15-49(16-12-26)28-7-8-30-31(20-28)42(58)52(41(30)57)36-9-10-37(53)47-39(36)55/h4-8,19-21,24,26,29,36,59H,9-18,22-23H2,1-3H3,(H,46,54)(H,47,53,55)/t36-/m1/s1. The van der Waals surface area contributed by atoms with Crippen molar-refractivity contribution in [2.75, 3.05) is 36.4 Å². The fourth-order valence-electron chi connectivity index (χ4n) is 9.78. The van der Waals surface area contributed by atoms with Gasteiger partial charge in [0, 0.05) is 72.7 Å². The first-order valence-corrected chi connectivity index (χ1v) is 20.6. The Bertz CT molecular complexity index is 2430. The number of aryl methyl sites for hydroxylation is 1. The van der Waals surface area contributed by atoms with Gasteiger partial charge < -0.3 is 20.2 Å². The smallest absolute Gasteiger partial charge is 0.274 e. The Morgan fingerprint density at radius 3 is 2.34 bits per heavy atom. The second-order valence-electron chi connectivity index (χ2n) is 17.6. The van der Waals surface area contributed by atoms with Gasteiger partial charge in [-0.05, 0) is 114 Å². The molecule has 4 aromatic rings. The van der Waals surface area contributed by atoms with E-state index < -0.39 is 35.3 Å². The first kappa shape index (κ1) is 38.6. The number of carbonyl (C=O) groups excluding carboxylic acids is 6. The molecule has 6 amide bonds. The van der Waals surface area contributed by atoms with Crippen LogP contribution >= 0.6 is 0 Å². The lowest BCUT2D eigenvalue weighted by Crippen LogP contribution is -2.54. The fraction of sp³-hybridized carbons (Fsp3) is 0.455. The summed E-state index contributed by atoms with van der Waals surface area (Å²) in [6.45, 7) is 7.94. The van der Waals surface area contributed by atoms with E-state index in [1.807, 2.05) is 47.0 Å². The number of imide groups is 2. The second kappa shape index (κ2) is 14.4. The molecule has 5 aliphatic rings. The number of aliphatic hydroxyl groups is 1. The Hall–Kier alpha value is -5.96. The number of anilines is 2. The van der Waals surface area contributed by atoms with Gasteiger partial charge in [-0.1, -0.05) is 6.07 Å². The SMILES string of the molecule is Cc1cccc(C(=O)Nc2cc3cn(C4CC5(CCN(C(=O)C6CCN(c7ccc8c(c7)C(=O)N([C@@H]7CCC(=O)NC7=O)C8=O)CC6)CC5)C4)nc3cc2C(C)(C)O)n1. The van der Waals surface area contributed by atoms with Crippen LogP contribution in [0.2, 0.25) is 0 Å². The number of nitrogens with one attached hydrogen (secondary N) is 2. The van der Waals surface area contributed by atoms with E-state index >= 15 is 0 Å². The van der Waals surface area contributed by atoms with Gasteiger partial charge in [0.25, 0.3) is 17.7 Å². The van der Waals surface area contributed by atoms with Gasteiger partial charge in [-0.3, -0.25) is 43.7 Å². The van der Waals surface area contributed by atoms with Crippen molar-refractivity contribution in [3.05, 3.63) is 82.8 Å². The van der Waals surface area contributed by atoms with Crippen molar-refractivity contribution in [3.63, 3.8) is 0 Å². The molecule has 59 heavy (non-hydrogen) atoms. The molecule has 15 heteroatoms. The van der Waals surface area contributed by atoms with Crippen LogP contribution in [0, 0.1) is 18.3 Å². The third-order valence-electron chi connectivity index (χ3n) is 13.2. The number of piperidine rings is 3. The Labute approximate surface area is 341 Å². The summed E-state index contributed by atoms with van der Waals surface area (Å²) in [6, 6.07) is 13.4. The lowest BCUT2D eigenvalue weighted by Gasteiger charge is -2.52. The van der Waals surface area contributed by atoms with Crippen LogP contribution in [0.15, 0.2) is 54.7 Å². The zero-order valence-corrected chi connectivity index (χ0v) is 33.5. The number of likely N-dealkylation sites (tertiary alicyclic amines) is 1. The molecule has 4 aliphatic heterocycles. The number of hydrogen-bond acceptors (Lipinski definition) is 10. The summed E-state index contributed by atoms with van der Waals surface area (Å²) in [5.74, 6) is -2.33. The fourth-order valence-corrected chi connectivity index (χ4v) is 9.78. The van der Waals surface area contributed by atoms with Gasteiger partial charge in [0.05, 0.1) is 28.3 Å². The van der Waals surface area contributed by atoms with Gasteiger partial charge in [-0.25, -0.2) is 4.98 Å². The molecule has 2 aromatic heterocycles. The maximum atomic E-state index is 13.8. The number of rotatable bonds is 7. The molecule has 15 nitrogen and oxygen atoms in total. The summed E-state index contributed by atoms with van der Waals surface area (Å²) in [5, 5.41) is 22.0. The predicted octanol–water partition coefficient (Wildman–Crippen LogP) is 4.48. The Balaban J connectivity index is 0.785. The molecule has 1 spiro atoms. The molecule has 1 saturated carbocycles. The van der Waals surface area contributed by atoms with Crippen LogP contribution < -0.4 is 15.5 Å². The Morgan fingerprint density at radius 2 is 1.64 bits per heavy atom. The molecule has 0 radical (unpaired) electrons. The van der Waals surface area contributed by atoms with Crippen molar-refractivity contribution in [1.82, 2.24) is 29.9 Å². The molecule has 2 aromatic carbocycles. The number of aromatic nitrogens is 3. The molecule has 6 heterocycles. The van der Waals surface area contributed by atoms with E-state index in [1.165, 1.54) is 0 Å². The zero-order valence-electron chi connectivity index (χ0n) is 33.5. The Kier molecular flexibility index (Phi) is 9.41. The summed E-state index contributed by atoms with van der Waals surface area (Å²) in [6.07, 6.45) is 7.40. The number of amides is 6. The van der Waals surface area contributed by atoms with Crippen molar-refractivity contribution in [3.8, 4) is 0 Å². The molecule has 4 fully saturated rings. The number of hydrogen-bond donors (Lipinski definition) is 3. The number of pyridine rings is 1. The molecule has 3 saturated heterocycles. The third kappa shape index (κ3) is 7.04. The number of benzene rings is 2. The normalized spacial score (nSPS) is 21.2. The highest BCUT2D eigenvalue weighted by molar-refractivity contribution is 6.23. The minimum atomic E-state index is -1.22. The van der Waals surface area contributed by atoms with Gasteiger partial charge in [-0.15, -0.1) is 0 Å². The molecule has 306 valence electrons. The first-order valence-electron chi connectivity index (χ1n) is 20.6. The van der Waals surface area contributed by atoms with Gasteiger partial charge in [0.1, 0.15) is 11.7 Å². The van der Waals surface area contributed by atoms with Crippen molar-refractivity contribution in [1.29, 1.82) is 0 Å². The Morgan fingerprint density at radius 1 is 0.915 bits per heavy atom. The van der Waals surface area contributed by atoms with E-state index in [0.29, 0.717) is 42.9 Å². The summed E-state index contributed by atoms with van der Waals surface area (Å²) < 4.78 is 2.02. The second-order valence-corrected chi connectivity index (χ2v) is 17.6. The van der Waals surface area contributed by atoms with Crippen molar-refractivity contribution in [2.24, 2.45) is 11.3 Å². The van der Waals surface area contributed by atoms with Crippen molar-refractivity contribution < 1.29 is 33.9 Å². The maximum absolute atomic E-state index is 13.8. The molecule has 3 N–H and O–H groups in total. The van der Waals surface area contributed by atoms with E-state index in [2.05, 4.69) is 20.5 Å². The third-order valence-corrected chi connectivity index (χ3v) is 13.2. The minimum Gasteiger partial charge on any atom is -0.386 e. The largest absolute Gasteiger partial charge is 0.386 e. The molecule has 1 atom stereocenters. The van der Waals surface area contributed by atoms with Gasteiger partial charge in [0.15, 0.2) is 0 Å². The molecule has 0 bridgehead atoms. The highest BCUT2D eigenvalue weighted by atomic mass is 16.3. The number of carbonyl (C=O) groups is 6. The van der Waals surface area contributed by atoms with Crippen LogP contribution in [-0.4, -0.2) is 97.3 Å². The molecule has 0 unspecified atom stereocenters. The molecular weight excluding hydrogens is 753 g/mol. The van der Waals surface area contributed by atoms with Crippen molar-refractivity contribution in [2.45, 2.75) is 89.8 Å². The minimum absolute atomic E-state index is 0.0679. The topological polar surface area (TPSA) is 187 Å². The van der Waals surface area contributed by atoms with Crippen LogP contribution in [0.4, 0.5) is 11.4 Å². The lowest BCUT2D eigenvalue weighted by atomic mass is 9.60.